The van der Waals surface area contributed by atoms with E-state index in [2.05, 4.69) is 15.7 Å². The van der Waals surface area contributed by atoms with Crippen LogP contribution < -0.4 is 16.4 Å². The Morgan fingerprint density at radius 3 is 2.45 bits per heavy atom. The van der Waals surface area contributed by atoms with Crippen LogP contribution in [0.15, 0.2) is 27.4 Å². The number of halogens is 1. The van der Waals surface area contributed by atoms with E-state index in [1.165, 1.54) is 12.1 Å². The number of nitrogens with one attached hydrogen (secondary N) is 2. The van der Waals surface area contributed by atoms with Crippen LogP contribution in [-0.4, -0.2) is 58.5 Å². The van der Waals surface area contributed by atoms with E-state index in [0.717, 1.165) is 23.1 Å². The minimum absolute atomic E-state index is 0.0546. The molecular formula is C29H42FN5O5. The molecule has 2 amide bonds. The summed E-state index contributed by atoms with van der Waals surface area (Å²) in [5.41, 5.74) is 0.673. The predicted molar refractivity (Wildman–Crippen MR) is 148 cm³/mol. The smallest absolute Gasteiger partial charge is 0.384 e. The summed E-state index contributed by atoms with van der Waals surface area (Å²) < 4.78 is 21.0. The molecule has 0 saturated heterocycles. The van der Waals surface area contributed by atoms with Gasteiger partial charge in [0.05, 0.1) is 24.1 Å². The zero-order valence-corrected chi connectivity index (χ0v) is 24.3. The van der Waals surface area contributed by atoms with Crippen molar-refractivity contribution in [3.63, 3.8) is 0 Å². The van der Waals surface area contributed by atoms with Crippen LogP contribution >= 0.6 is 0 Å². The SMILES string of the molecule is CC(C)CC(NC(=O)[C@@H]1CCCC[C@@H]1NC(=O)c1ccc(CN(C)C)cc1F)C(=O)c1nn(CC(C)C)c(=O)o1. The van der Waals surface area contributed by atoms with Gasteiger partial charge in [0.25, 0.3) is 11.8 Å². The van der Waals surface area contributed by atoms with E-state index < -0.39 is 41.3 Å². The van der Waals surface area contributed by atoms with E-state index in [4.69, 9.17) is 4.42 Å². The van der Waals surface area contributed by atoms with Gasteiger partial charge < -0.3 is 20.0 Å². The highest BCUT2D eigenvalue weighted by Gasteiger charge is 2.36. The summed E-state index contributed by atoms with van der Waals surface area (Å²) in [6.07, 6.45) is 2.99. The van der Waals surface area contributed by atoms with Crippen LogP contribution in [-0.2, 0) is 17.9 Å². The molecule has 10 nitrogen and oxygen atoms in total. The molecule has 1 aromatic heterocycles. The van der Waals surface area contributed by atoms with Gasteiger partial charge in [-0.05, 0) is 62.9 Å². The third-order valence-corrected chi connectivity index (χ3v) is 6.89. The van der Waals surface area contributed by atoms with Crippen LogP contribution in [0, 0.1) is 23.6 Å². The number of hydrogen-bond acceptors (Lipinski definition) is 7. The second-order valence-electron chi connectivity index (χ2n) is 11.8. The lowest BCUT2D eigenvalue weighted by Crippen LogP contribution is -2.52. The summed E-state index contributed by atoms with van der Waals surface area (Å²) in [4.78, 5) is 53.8. The van der Waals surface area contributed by atoms with Crippen molar-refractivity contribution < 1.29 is 23.2 Å². The van der Waals surface area contributed by atoms with Crippen molar-refractivity contribution in [2.75, 3.05) is 14.1 Å². The third-order valence-electron chi connectivity index (χ3n) is 6.89. The van der Waals surface area contributed by atoms with Gasteiger partial charge in [0.1, 0.15) is 5.82 Å². The second-order valence-corrected chi connectivity index (χ2v) is 11.8. The first-order valence-electron chi connectivity index (χ1n) is 14.0. The number of Topliss-reactive ketones (excluding diaryl/α,β-unsaturated/α-hetero) is 1. The maximum atomic E-state index is 14.8. The number of nitrogens with zero attached hydrogens (tertiary/aromatic N) is 3. The van der Waals surface area contributed by atoms with Crippen molar-refractivity contribution in [2.45, 2.75) is 85.0 Å². The highest BCUT2D eigenvalue weighted by Crippen LogP contribution is 2.26. The Balaban J connectivity index is 1.74. The van der Waals surface area contributed by atoms with E-state index in [9.17, 15) is 23.6 Å². The van der Waals surface area contributed by atoms with Crippen LogP contribution in [0.3, 0.4) is 0 Å². The summed E-state index contributed by atoms with van der Waals surface area (Å²) in [5.74, 6) is -3.61. The van der Waals surface area contributed by atoms with Crippen molar-refractivity contribution >= 4 is 17.6 Å². The van der Waals surface area contributed by atoms with Gasteiger partial charge in [-0.15, -0.1) is 5.10 Å². The fraction of sp³-hybridized carbons (Fsp3) is 0.621. The molecule has 2 N–H and O–H groups in total. The van der Waals surface area contributed by atoms with Crippen molar-refractivity contribution in [1.29, 1.82) is 0 Å². The molecule has 0 spiro atoms. The molecule has 11 heteroatoms. The Hall–Kier alpha value is -3.34. The van der Waals surface area contributed by atoms with E-state index in [1.807, 2.05) is 46.7 Å². The average molecular weight is 560 g/mol. The normalized spacial score (nSPS) is 18.2. The first-order chi connectivity index (χ1) is 18.8. The lowest BCUT2D eigenvalue weighted by Gasteiger charge is -2.32. The van der Waals surface area contributed by atoms with E-state index in [0.29, 0.717) is 32.4 Å². The number of carbonyl (C=O) groups is 3. The van der Waals surface area contributed by atoms with Gasteiger partial charge in [0, 0.05) is 12.6 Å². The Morgan fingerprint density at radius 1 is 1.12 bits per heavy atom. The second kappa shape index (κ2) is 13.8. The highest BCUT2D eigenvalue weighted by atomic mass is 19.1. The minimum Gasteiger partial charge on any atom is -0.384 e. The molecule has 1 heterocycles. The molecule has 1 fully saturated rings. The summed E-state index contributed by atoms with van der Waals surface area (Å²) in [6.45, 7) is 8.52. The van der Waals surface area contributed by atoms with Crippen molar-refractivity contribution in [3.8, 4) is 0 Å². The van der Waals surface area contributed by atoms with Crippen LogP contribution in [0.25, 0.3) is 0 Å². The fourth-order valence-electron chi connectivity index (χ4n) is 5.07. The van der Waals surface area contributed by atoms with Crippen molar-refractivity contribution in [3.05, 3.63) is 51.6 Å². The van der Waals surface area contributed by atoms with Gasteiger partial charge in [-0.1, -0.05) is 46.6 Å². The topological polar surface area (TPSA) is 127 Å². The molecule has 0 aliphatic heterocycles. The van der Waals surface area contributed by atoms with Gasteiger partial charge in [-0.2, -0.15) is 4.68 Å². The maximum Gasteiger partial charge on any atom is 0.437 e. The molecule has 2 aromatic rings. The Bertz CT molecular complexity index is 1250. The van der Waals surface area contributed by atoms with Crippen LogP contribution in [0.5, 0.6) is 0 Å². The van der Waals surface area contributed by atoms with Gasteiger partial charge >= 0.3 is 5.76 Å². The molecule has 1 aliphatic rings. The maximum absolute atomic E-state index is 14.8. The first kappa shape index (κ1) is 31.2. The van der Waals surface area contributed by atoms with Crippen LogP contribution in [0.4, 0.5) is 4.39 Å². The lowest BCUT2D eigenvalue weighted by atomic mass is 9.83. The number of benzene rings is 1. The number of ketones is 1. The lowest BCUT2D eigenvalue weighted by molar-refractivity contribution is -0.127. The Labute approximate surface area is 234 Å². The van der Waals surface area contributed by atoms with Gasteiger partial charge in [-0.25, -0.2) is 9.18 Å². The van der Waals surface area contributed by atoms with Gasteiger partial charge in [0.2, 0.25) is 11.7 Å². The van der Waals surface area contributed by atoms with Crippen LogP contribution in [0.1, 0.15) is 86.4 Å². The molecule has 0 radical (unpaired) electrons. The number of aromatic nitrogens is 2. The molecular weight excluding hydrogens is 517 g/mol. The Kier molecular flexibility index (Phi) is 10.8. The van der Waals surface area contributed by atoms with Gasteiger partial charge in [0.15, 0.2) is 0 Å². The molecule has 1 saturated carbocycles. The minimum atomic E-state index is -0.946. The van der Waals surface area contributed by atoms with E-state index in [1.54, 1.807) is 6.07 Å². The monoisotopic (exact) mass is 559 g/mol. The number of rotatable bonds is 12. The molecule has 40 heavy (non-hydrogen) atoms. The van der Waals surface area contributed by atoms with E-state index in [-0.39, 0.29) is 29.2 Å². The molecule has 1 aliphatic carbocycles. The Morgan fingerprint density at radius 2 is 1.82 bits per heavy atom. The highest BCUT2D eigenvalue weighted by molar-refractivity contribution is 5.99. The van der Waals surface area contributed by atoms with Gasteiger partial charge in [-0.3, -0.25) is 14.4 Å². The molecule has 0 bridgehead atoms. The van der Waals surface area contributed by atoms with Crippen LogP contribution in [0.2, 0.25) is 0 Å². The van der Waals surface area contributed by atoms with Crippen molar-refractivity contribution in [1.82, 2.24) is 25.3 Å². The number of amides is 2. The summed E-state index contributed by atoms with van der Waals surface area (Å²) in [5, 5.41) is 9.75. The van der Waals surface area contributed by atoms with Crippen molar-refractivity contribution in [2.24, 2.45) is 17.8 Å². The fourth-order valence-corrected chi connectivity index (χ4v) is 5.07. The third kappa shape index (κ3) is 8.33. The zero-order chi connectivity index (χ0) is 29.6. The standard InChI is InChI=1S/C29H42FN5O5/c1-17(2)13-24(25(36)28-33-35(15-18(3)4)29(39)40-28)32-27(38)21-9-7-8-10-23(21)31-26(37)20-12-11-19(14-22(20)30)16-34(5)6/h11-12,14,17-18,21,23-24H,7-10,13,15-16H2,1-6H3,(H,31,37)(H,32,38)/t21-,23+,24?/m1/s1. The summed E-state index contributed by atoms with van der Waals surface area (Å²) >= 11 is 0. The zero-order valence-electron chi connectivity index (χ0n) is 24.3. The number of hydrogen-bond donors (Lipinski definition) is 2. The summed E-state index contributed by atoms with van der Waals surface area (Å²) in [6, 6.07) is 3.07. The molecule has 1 aromatic carbocycles. The van der Waals surface area contributed by atoms with E-state index >= 15 is 0 Å². The molecule has 3 rings (SSSR count). The quantitative estimate of drug-likeness (QED) is 0.382. The predicted octanol–water partition coefficient (Wildman–Crippen LogP) is 3.40. The first-order valence-corrected chi connectivity index (χ1v) is 14.0. The molecule has 220 valence electrons. The number of carbonyl (C=O) groups excluding carboxylic acids is 3. The summed E-state index contributed by atoms with van der Waals surface area (Å²) in [7, 11) is 3.75. The molecule has 1 unspecified atom stereocenters. The molecule has 3 atom stereocenters. The average Bonchev–Trinajstić information content (AvgIpc) is 3.22. The largest absolute Gasteiger partial charge is 0.437 e.